The van der Waals surface area contributed by atoms with Gasteiger partial charge in [0.05, 0.1) is 11.3 Å². The van der Waals surface area contributed by atoms with Gasteiger partial charge >= 0.3 is 0 Å². The highest BCUT2D eigenvalue weighted by molar-refractivity contribution is 7.89. The molecule has 0 unspecified atom stereocenters. The number of benzene rings is 2. The summed E-state index contributed by atoms with van der Waals surface area (Å²) in [6.07, 6.45) is 0.0631. The van der Waals surface area contributed by atoms with Crippen molar-refractivity contribution in [3.63, 3.8) is 0 Å². The number of hydrogen-bond donors (Lipinski definition) is 1. The Hall–Kier alpha value is -2.71. The highest BCUT2D eigenvalue weighted by Gasteiger charge is 2.18. The van der Waals surface area contributed by atoms with Crippen LogP contribution in [0.3, 0.4) is 0 Å². The molecular formula is C19H21N3O4S. The van der Waals surface area contributed by atoms with Gasteiger partial charge in [0.25, 0.3) is 0 Å². The van der Waals surface area contributed by atoms with E-state index < -0.39 is 10.0 Å². The summed E-state index contributed by atoms with van der Waals surface area (Å²) in [6, 6.07) is 9.99. The van der Waals surface area contributed by atoms with Crippen LogP contribution in [0.1, 0.15) is 16.8 Å². The summed E-state index contributed by atoms with van der Waals surface area (Å²) in [4.78, 5) is 12.5. The van der Waals surface area contributed by atoms with Crippen molar-refractivity contribution in [1.82, 2.24) is 9.46 Å². The monoisotopic (exact) mass is 387 g/mol. The summed E-state index contributed by atoms with van der Waals surface area (Å²) in [5.74, 6) is -0.257. The van der Waals surface area contributed by atoms with Gasteiger partial charge in [-0.2, -0.15) is 0 Å². The van der Waals surface area contributed by atoms with E-state index in [0.29, 0.717) is 17.0 Å². The average molecular weight is 387 g/mol. The van der Waals surface area contributed by atoms with Crippen LogP contribution in [0.15, 0.2) is 45.8 Å². The van der Waals surface area contributed by atoms with Crippen molar-refractivity contribution in [2.45, 2.75) is 25.2 Å². The van der Waals surface area contributed by atoms with Crippen LogP contribution in [0.4, 0.5) is 5.69 Å². The van der Waals surface area contributed by atoms with Gasteiger partial charge in [-0.1, -0.05) is 11.2 Å². The number of amides is 1. The first-order chi connectivity index (χ1) is 12.7. The fourth-order valence-electron chi connectivity index (χ4n) is 2.85. The molecule has 0 aliphatic heterocycles. The van der Waals surface area contributed by atoms with Crippen molar-refractivity contribution in [1.29, 1.82) is 0 Å². The Morgan fingerprint density at radius 3 is 2.44 bits per heavy atom. The van der Waals surface area contributed by atoms with E-state index in [1.54, 1.807) is 12.1 Å². The smallest absolute Gasteiger partial charge is 0.242 e. The number of carbonyl (C=O) groups excluding carboxylic acids is 1. The number of rotatable bonds is 5. The van der Waals surface area contributed by atoms with Crippen molar-refractivity contribution in [2.24, 2.45) is 0 Å². The Morgan fingerprint density at radius 1 is 1.15 bits per heavy atom. The summed E-state index contributed by atoms with van der Waals surface area (Å²) in [5.41, 5.74) is 3.81. The predicted molar refractivity (Wildman–Crippen MR) is 103 cm³/mol. The van der Waals surface area contributed by atoms with Gasteiger partial charge in [0.1, 0.15) is 5.69 Å². The SMILES string of the molecule is Cc1cc(C)c2onc(CC(=O)Nc3ccc(S(=O)(=O)N(C)C)cc3)c2c1. The number of nitrogens with one attached hydrogen (secondary N) is 1. The number of carbonyl (C=O) groups is 1. The zero-order valence-electron chi connectivity index (χ0n) is 15.6. The van der Waals surface area contributed by atoms with Gasteiger partial charge in [-0.15, -0.1) is 0 Å². The maximum Gasteiger partial charge on any atom is 0.242 e. The third kappa shape index (κ3) is 3.86. The highest BCUT2D eigenvalue weighted by atomic mass is 32.2. The van der Waals surface area contributed by atoms with Crippen LogP contribution in [-0.4, -0.2) is 37.9 Å². The quantitative estimate of drug-likeness (QED) is 0.727. The molecule has 7 nitrogen and oxygen atoms in total. The molecule has 1 heterocycles. The molecular weight excluding hydrogens is 366 g/mol. The van der Waals surface area contributed by atoms with E-state index in [1.807, 2.05) is 26.0 Å². The molecule has 1 N–H and O–H groups in total. The van der Waals surface area contributed by atoms with Crippen molar-refractivity contribution in [3.05, 3.63) is 53.2 Å². The van der Waals surface area contributed by atoms with E-state index in [0.717, 1.165) is 20.8 Å². The van der Waals surface area contributed by atoms with Gasteiger partial charge in [-0.25, -0.2) is 12.7 Å². The first-order valence-corrected chi connectivity index (χ1v) is 9.80. The van der Waals surface area contributed by atoms with Crippen LogP contribution in [0.2, 0.25) is 0 Å². The molecule has 3 rings (SSSR count). The van der Waals surface area contributed by atoms with Crippen LogP contribution in [0.5, 0.6) is 0 Å². The molecule has 0 spiro atoms. The Bertz CT molecular complexity index is 1100. The standard InChI is InChI=1S/C19H21N3O4S/c1-12-9-13(2)19-16(10-12)17(21-26-19)11-18(23)20-14-5-7-15(8-6-14)27(24,25)22(3)4/h5-10H,11H2,1-4H3,(H,20,23). The lowest BCUT2D eigenvalue weighted by Gasteiger charge is -2.11. The minimum atomic E-state index is -3.50. The molecule has 2 aromatic carbocycles. The Balaban J connectivity index is 1.75. The van der Waals surface area contributed by atoms with Crippen molar-refractivity contribution >= 4 is 32.6 Å². The lowest BCUT2D eigenvalue weighted by atomic mass is 10.1. The van der Waals surface area contributed by atoms with E-state index in [9.17, 15) is 13.2 Å². The first kappa shape index (κ1) is 19.1. The molecule has 0 aliphatic rings. The van der Waals surface area contributed by atoms with Gasteiger partial charge in [0.2, 0.25) is 15.9 Å². The van der Waals surface area contributed by atoms with Crippen LogP contribution >= 0.6 is 0 Å². The summed E-state index contributed by atoms with van der Waals surface area (Å²) < 4.78 is 30.7. The highest BCUT2D eigenvalue weighted by Crippen LogP contribution is 2.24. The van der Waals surface area contributed by atoms with Gasteiger partial charge in [-0.3, -0.25) is 4.79 Å². The molecule has 27 heavy (non-hydrogen) atoms. The van der Waals surface area contributed by atoms with Crippen molar-refractivity contribution < 1.29 is 17.7 Å². The molecule has 1 amide bonds. The third-order valence-electron chi connectivity index (χ3n) is 4.22. The zero-order chi connectivity index (χ0) is 19.8. The van der Waals surface area contributed by atoms with Crippen molar-refractivity contribution in [3.8, 4) is 0 Å². The summed E-state index contributed by atoms with van der Waals surface area (Å²) >= 11 is 0. The van der Waals surface area contributed by atoms with Crippen LogP contribution in [-0.2, 0) is 21.2 Å². The van der Waals surface area contributed by atoms with Gasteiger partial charge in [0, 0.05) is 25.2 Å². The Labute approximate surface area is 158 Å². The zero-order valence-corrected chi connectivity index (χ0v) is 16.4. The van der Waals surface area contributed by atoms with E-state index >= 15 is 0 Å². The van der Waals surface area contributed by atoms with Crippen molar-refractivity contribution in [2.75, 3.05) is 19.4 Å². The molecule has 0 bridgehead atoms. The minimum absolute atomic E-state index is 0.0631. The first-order valence-electron chi connectivity index (χ1n) is 8.36. The normalized spacial score (nSPS) is 11.9. The number of hydrogen-bond acceptors (Lipinski definition) is 5. The second-order valence-corrected chi connectivity index (χ2v) is 8.78. The molecule has 3 aromatic rings. The molecule has 0 saturated carbocycles. The number of nitrogens with zero attached hydrogens (tertiary/aromatic N) is 2. The summed E-state index contributed by atoms with van der Waals surface area (Å²) in [7, 11) is -0.560. The van der Waals surface area contributed by atoms with Crippen LogP contribution < -0.4 is 5.32 Å². The van der Waals surface area contributed by atoms with Crippen LogP contribution in [0.25, 0.3) is 11.0 Å². The Morgan fingerprint density at radius 2 is 1.81 bits per heavy atom. The summed E-state index contributed by atoms with van der Waals surface area (Å²) in [6.45, 7) is 3.92. The fraction of sp³-hybridized carbons (Fsp3) is 0.263. The number of sulfonamides is 1. The van der Waals surface area contributed by atoms with E-state index in [-0.39, 0.29) is 17.2 Å². The molecule has 8 heteroatoms. The van der Waals surface area contributed by atoms with Gasteiger partial charge in [-0.05, 0) is 55.3 Å². The molecule has 0 radical (unpaired) electrons. The number of anilines is 1. The fourth-order valence-corrected chi connectivity index (χ4v) is 3.75. The maximum atomic E-state index is 12.4. The molecule has 1 aromatic heterocycles. The van der Waals surface area contributed by atoms with E-state index in [2.05, 4.69) is 10.5 Å². The van der Waals surface area contributed by atoms with Gasteiger partial charge < -0.3 is 9.84 Å². The number of aromatic nitrogens is 1. The molecule has 0 fully saturated rings. The van der Waals surface area contributed by atoms with E-state index in [1.165, 1.54) is 26.2 Å². The third-order valence-corrected chi connectivity index (χ3v) is 6.05. The summed E-state index contributed by atoms with van der Waals surface area (Å²) in [5, 5.41) is 7.61. The minimum Gasteiger partial charge on any atom is -0.356 e. The lowest BCUT2D eigenvalue weighted by molar-refractivity contribution is -0.115. The molecule has 0 saturated heterocycles. The largest absolute Gasteiger partial charge is 0.356 e. The average Bonchev–Trinajstić information content (AvgIpc) is 2.98. The number of fused-ring (bicyclic) bond motifs is 1. The van der Waals surface area contributed by atoms with E-state index in [4.69, 9.17) is 4.52 Å². The van der Waals surface area contributed by atoms with Crippen LogP contribution in [0, 0.1) is 13.8 Å². The molecule has 0 atom stereocenters. The lowest BCUT2D eigenvalue weighted by Crippen LogP contribution is -2.22. The number of aryl methyl sites for hydroxylation is 2. The Kier molecular flexibility index (Phi) is 5.03. The second kappa shape index (κ2) is 7.13. The van der Waals surface area contributed by atoms with Gasteiger partial charge in [0.15, 0.2) is 5.58 Å². The molecule has 0 aliphatic carbocycles. The maximum absolute atomic E-state index is 12.4. The topological polar surface area (TPSA) is 92.5 Å². The molecule has 142 valence electrons. The second-order valence-electron chi connectivity index (χ2n) is 6.62. The predicted octanol–water partition coefficient (Wildman–Crippen LogP) is 2.88.